The average molecular weight is 313 g/mol. The van der Waals surface area contributed by atoms with Crippen molar-refractivity contribution in [3.8, 4) is 11.5 Å². The van der Waals surface area contributed by atoms with Crippen molar-refractivity contribution >= 4 is 17.8 Å². The first kappa shape index (κ1) is 16.4. The van der Waals surface area contributed by atoms with E-state index in [9.17, 15) is 4.79 Å². The number of methoxy groups -OCH3 is 2. The number of anilines is 1. The summed E-state index contributed by atoms with van der Waals surface area (Å²) in [7, 11) is 3.12. The third-order valence-electron chi connectivity index (χ3n) is 3.05. The molecule has 6 nitrogen and oxygen atoms in total. The second kappa shape index (κ2) is 8.43. The van der Waals surface area contributed by atoms with Gasteiger partial charge in [-0.25, -0.2) is 5.43 Å². The molecule has 0 aliphatic rings. The SMILES string of the molecule is COc1cccc(/C=N/NC(=O)CNc2ccccc2)c1OC. The van der Waals surface area contributed by atoms with Crippen LogP contribution in [0, 0.1) is 0 Å². The van der Waals surface area contributed by atoms with Crippen molar-refractivity contribution in [3.05, 3.63) is 54.1 Å². The quantitative estimate of drug-likeness (QED) is 0.607. The third-order valence-corrected chi connectivity index (χ3v) is 3.05. The van der Waals surface area contributed by atoms with Crippen molar-refractivity contribution in [2.75, 3.05) is 26.1 Å². The van der Waals surface area contributed by atoms with E-state index in [1.165, 1.54) is 6.21 Å². The van der Waals surface area contributed by atoms with E-state index in [-0.39, 0.29) is 12.5 Å². The number of benzene rings is 2. The van der Waals surface area contributed by atoms with Gasteiger partial charge in [-0.15, -0.1) is 0 Å². The van der Waals surface area contributed by atoms with Crippen LogP contribution in [0.15, 0.2) is 53.6 Å². The summed E-state index contributed by atoms with van der Waals surface area (Å²) in [6, 6.07) is 14.9. The molecule has 1 amide bonds. The minimum Gasteiger partial charge on any atom is -0.493 e. The van der Waals surface area contributed by atoms with Crippen LogP contribution in [0.5, 0.6) is 11.5 Å². The minimum absolute atomic E-state index is 0.136. The highest BCUT2D eigenvalue weighted by Crippen LogP contribution is 2.29. The molecule has 0 atom stereocenters. The Hall–Kier alpha value is -3.02. The minimum atomic E-state index is -0.244. The maximum absolute atomic E-state index is 11.7. The predicted molar refractivity (Wildman–Crippen MR) is 90.2 cm³/mol. The molecule has 2 N–H and O–H groups in total. The molecule has 2 aromatic carbocycles. The Morgan fingerprint density at radius 3 is 2.57 bits per heavy atom. The highest BCUT2D eigenvalue weighted by atomic mass is 16.5. The summed E-state index contributed by atoms with van der Waals surface area (Å²) in [4.78, 5) is 11.7. The Bertz CT molecular complexity index is 672. The molecule has 0 heterocycles. The lowest BCUT2D eigenvalue weighted by molar-refractivity contribution is -0.119. The smallest absolute Gasteiger partial charge is 0.259 e. The van der Waals surface area contributed by atoms with Gasteiger partial charge in [0.2, 0.25) is 0 Å². The van der Waals surface area contributed by atoms with Gasteiger partial charge in [-0.05, 0) is 24.3 Å². The first-order chi connectivity index (χ1) is 11.2. The second-order valence-electron chi connectivity index (χ2n) is 4.60. The number of amides is 1. The largest absolute Gasteiger partial charge is 0.493 e. The lowest BCUT2D eigenvalue weighted by Crippen LogP contribution is -2.25. The zero-order chi connectivity index (χ0) is 16.5. The van der Waals surface area contributed by atoms with Crippen LogP contribution in [0.3, 0.4) is 0 Å². The molecule has 120 valence electrons. The van der Waals surface area contributed by atoms with Crippen LogP contribution in [-0.4, -0.2) is 32.9 Å². The van der Waals surface area contributed by atoms with E-state index >= 15 is 0 Å². The monoisotopic (exact) mass is 313 g/mol. The fraction of sp³-hybridized carbons (Fsp3) is 0.176. The second-order valence-corrected chi connectivity index (χ2v) is 4.60. The molecule has 6 heteroatoms. The van der Waals surface area contributed by atoms with Gasteiger partial charge in [0.25, 0.3) is 5.91 Å². The molecule has 0 aliphatic carbocycles. The van der Waals surface area contributed by atoms with Crippen LogP contribution < -0.4 is 20.2 Å². The van der Waals surface area contributed by atoms with Gasteiger partial charge in [-0.2, -0.15) is 5.10 Å². The zero-order valence-electron chi connectivity index (χ0n) is 13.1. The van der Waals surface area contributed by atoms with E-state index in [4.69, 9.17) is 9.47 Å². The van der Waals surface area contributed by atoms with Gasteiger partial charge in [0.05, 0.1) is 27.0 Å². The Morgan fingerprint density at radius 2 is 1.87 bits per heavy atom. The number of nitrogens with zero attached hydrogens (tertiary/aromatic N) is 1. The summed E-state index contributed by atoms with van der Waals surface area (Å²) < 4.78 is 10.5. The van der Waals surface area contributed by atoms with Crippen LogP contribution in [0.2, 0.25) is 0 Å². The number of hydrazone groups is 1. The highest BCUT2D eigenvalue weighted by Gasteiger charge is 2.07. The maximum Gasteiger partial charge on any atom is 0.259 e. The summed E-state index contributed by atoms with van der Waals surface area (Å²) in [5.41, 5.74) is 4.05. The maximum atomic E-state index is 11.7. The van der Waals surface area contributed by atoms with E-state index in [1.807, 2.05) is 42.5 Å². The van der Waals surface area contributed by atoms with Gasteiger partial charge in [-0.3, -0.25) is 4.79 Å². The summed E-state index contributed by atoms with van der Waals surface area (Å²) >= 11 is 0. The molecule has 2 aromatic rings. The Morgan fingerprint density at radius 1 is 1.09 bits per heavy atom. The molecule has 0 saturated heterocycles. The van der Waals surface area contributed by atoms with Crippen LogP contribution in [0.25, 0.3) is 0 Å². The van der Waals surface area contributed by atoms with Crippen LogP contribution in [0.4, 0.5) is 5.69 Å². The van der Waals surface area contributed by atoms with E-state index in [0.29, 0.717) is 17.1 Å². The standard InChI is InChI=1S/C17H19N3O3/c1-22-15-10-6-7-13(17(15)23-2)11-19-20-16(21)12-18-14-8-4-3-5-9-14/h3-11,18H,12H2,1-2H3,(H,20,21)/b19-11+. The van der Waals surface area contributed by atoms with Gasteiger partial charge >= 0.3 is 0 Å². The number of nitrogens with one attached hydrogen (secondary N) is 2. The van der Waals surface area contributed by atoms with E-state index in [0.717, 1.165) is 5.69 Å². The Labute approximate surface area is 135 Å². The Balaban J connectivity index is 1.90. The zero-order valence-corrected chi connectivity index (χ0v) is 13.1. The first-order valence-corrected chi connectivity index (χ1v) is 7.06. The summed E-state index contributed by atoms with van der Waals surface area (Å²) in [6.07, 6.45) is 1.52. The van der Waals surface area contributed by atoms with Crippen LogP contribution in [-0.2, 0) is 4.79 Å². The summed E-state index contributed by atoms with van der Waals surface area (Å²) in [5, 5.41) is 6.94. The van der Waals surface area contributed by atoms with Gasteiger partial charge in [0.1, 0.15) is 0 Å². The van der Waals surface area contributed by atoms with Crippen LogP contribution >= 0.6 is 0 Å². The molecule has 0 aromatic heterocycles. The van der Waals surface area contributed by atoms with E-state index in [1.54, 1.807) is 20.3 Å². The lowest BCUT2D eigenvalue weighted by Gasteiger charge is -2.09. The molecule has 0 spiro atoms. The first-order valence-electron chi connectivity index (χ1n) is 7.06. The molecule has 0 radical (unpaired) electrons. The normalized spacial score (nSPS) is 10.3. The summed E-state index contributed by atoms with van der Waals surface area (Å²) in [6.45, 7) is 0.136. The van der Waals surface area contributed by atoms with Gasteiger partial charge in [-0.1, -0.05) is 24.3 Å². The fourth-order valence-electron chi connectivity index (χ4n) is 1.97. The fourth-order valence-corrected chi connectivity index (χ4v) is 1.97. The topological polar surface area (TPSA) is 72.0 Å². The molecule has 0 unspecified atom stereocenters. The number of carbonyl (C=O) groups is 1. The number of hydrogen-bond acceptors (Lipinski definition) is 5. The number of rotatable bonds is 7. The van der Waals surface area contributed by atoms with E-state index < -0.39 is 0 Å². The molecule has 0 saturated carbocycles. The van der Waals surface area contributed by atoms with Gasteiger partial charge in [0, 0.05) is 11.3 Å². The molecular formula is C17H19N3O3. The highest BCUT2D eigenvalue weighted by molar-refractivity contribution is 5.87. The number of hydrogen-bond donors (Lipinski definition) is 2. The van der Waals surface area contributed by atoms with E-state index in [2.05, 4.69) is 15.8 Å². The van der Waals surface area contributed by atoms with Crippen molar-refractivity contribution in [2.45, 2.75) is 0 Å². The molecular weight excluding hydrogens is 294 g/mol. The molecule has 2 rings (SSSR count). The summed E-state index contributed by atoms with van der Waals surface area (Å²) in [5.74, 6) is 0.927. The molecule has 23 heavy (non-hydrogen) atoms. The Kier molecular flexibility index (Phi) is 5.99. The predicted octanol–water partition coefficient (Wildman–Crippen LogP) is 2.27. The van der Waals surface area contributed by atoms with Crippen molar-refractivity contribution in [1.82, 2.24) is 5.43 Å². The number of para-hydroxylation sites is 2. The van der Waals surface area contributed by atoms with Crippen molar-refractivity contribution < 1.29 is 14.3 Å². The number of ether oxygens (including phenoxy) is 2. The van der Waals surface area contributed by atoms with Gasteiger partial charge in [0.15, 0.2) is 11.5 Å². The molecule has 0 bridgehead atoms. The molecule has 0 aliphatic heterocycles. The van der Waals surface area contributed by atoms with Gasteiger partial charge < -0.3 is 14.8 Å². The lowest BCUT2D eigenvalue weighted by atomic mass is 10.2. The van der Waals surface area contributed by atoms with Crippen molar-refractivity contribution in [1.29, 1.82) is 0 Å². The molecule has 0 fully saturated rings. The van der Waals surface area contributed by atoms with Crippen molar-refractivity contribution in [3.63, 3.8) is 0 Å². The number of carbonyl (C=O) groups excluding carboxylic acids is 1. The average Bonchev–Trinajstić information content (AvgIpc) is 2.60. The van der Waals surface area contributed by atoms with Crippen molar-refractivity contribution in [2.24, 2.45) is 5.10 Å². The van der Waals surface area contributed by atoms with Crippen LogP contribution in [0.1, 0.15) is 5.56 Å². The third kappa shape index (κ3) is 4.74.